The molecule has 0 saturated carbocycles. The van der Waals surface area contributed by atoms with Gasteiger partial charge in [0.1, 0.15) is 0 Å². The zero-order valence-electron chi connectivity index (χ0n) is 13.2. The Labute approximate surface area is 161 Å². The Morgan fingerprint density at radius 1 is 1.04 bits per heavy atom. The van der Waals surface area contributed by atoms with E-state index in [1.807, 2.05) is 36.4 Å². The standard InChI is InChI=1S/C19H11BrClN3O2/c20-12-5-1-10(2-6-12)15-9-14(19(25)26)16-17(23-24-18(16)22-15)11-3-7-13(21)8-4-11/h1-9H,(H,25,26)(H,22,23,24). The van der Waals surface area contributed by atoms with Crippen LogP contribution in [0.3, 0.4) is 0 Å². The van der Waals surface area contributed by atoms with Gasteiger partial charge in [0.25, 0.3) is 0 Å². The molecule has 2 aromatic heterocycles. The van der Waals surface area contributed by atoms with Gasteiger partial charge in [-0.15, -0.1) is 0 Å². The number of nitrogens with one attached hydrogen (secondary N) is 1. The first-order valence-electron chi connectivity index (χ1n) is 7.67. The molecule has 0 atom stereocenters. The fourth-order valence-corrected chi connectivity index (χ4v) is 3.18. The minimum absolute atomic E-state index is 0.145. The highest BCUT2D eigenvalue weighted by Crippen LogP contribution is 2.32. The van der Waals surface area contributed by atoms with Crippen LogP contribution in [0.2, 0.25) is 5.02 Å². The SMILES string of the molecule is O=C(O)c1cc(-c2ccc(Br)cc2)nc2n[nH]c(-c3ccc(Cl)cc3)c12. The Morgan fingerprint density at radius 2 is 1.69 bits per heavy atom. The Kier molecular flexibility index (Phi) is 4.22. The normalized spacial score (nSPS) is 11.0. The average molecular weight is 429 g/mol. The minimum atomic E-state index is -1.03. The van der Waals surface area contributed by atoms with Gasteiger partial charge in [-0.1, -0.05) is 51.8 Å². The maximum Gasteiger partial charge on any atom is 0.336 e. The molecule has 2 aromatic carbocycles. The molecule has 0 saturated heterocycles. The monoisotopic (exact) mass is 427 g/mol. The van der Waals surface area contributed by atoms with Crippen LogP contribution in [0.25, 0.3) is 33.5 Å². The van der Waals surface area contributed by atoms with Crippen LogP contribution in [0.15, 0.2) is 59.1 Å². The molecule has 26 heavy (non-hydrogen) atoms. The molecule has 5 nitrogen and oxygen atoms in total. The van der Waals surface area contributed by atoms with Crippen molar-refractivity contribution >= 4 is 44.5 Å². The van der Waals surface area contributed by atoms with E-state index in [0.29, 0.717) is 27.4 Å². The van der Waals surface area contributed by atoms with E-state index in [0.717, 1.165) is 15.6 Å². The number of aromatic carboxylic acids is 1. The van der Waals surface area contributed by atoms with E-state index < -0.39 is 5.97 Å². The fraction of sp³-hybridized carbons (Fsp3) is 0. The summed E-state index contributed by atoms with van der Waals surface area (Å²) in [5.41, 5.74) is 3.26. The largest absolute Gasteiger partial charge is 0.478 e. The summed E-state index contributed by atoms with van der Waals surface area (Å²) in [6.07, 6.45) is 0. The maximum absolute atomic E-state index is 11.9. The van der Waals surface area contributed by atoms with Crippen LogP contribution in [0, 0.1) is 0 Å². The van der Waals surface area contributed by atoms with Crippen molar-refractivity contribution < 1.29 is 9.90 Å². The number of carboxylic acids is 1. The van der Waals surface area contributed by atoms with Gasteiger partial charge >= 0.3 is 5.97 Å². The van der Waals surface area contributed by atoms with Gasteiger partial charge < -0.3 is 5.11 Å². The van der Waals surface area contributed by atoms with Crippen molar-refractivity contribution in [3.63, 3.8) is 0 Å². The predicted octanol–water partition coefficient (Wildman–Crippen LogP) is 5.41. The summed E-state index contributed by atoms with van der Waals surface area (Å²) in [4.78, 5) is 16.4. The van der Waals surface area contributed by atoms with Crippen molar-refractivity contribution in [1.82, 2.24) is 15.2 Å². The van der Waals surface area contributed by atoms with E-state index in [9.17, 15) is 9.90 Å². The molecule has 0 aliphatic carbocycles. The molecule has 0 aliphatic heterocycles. The fourth-order valence-electron chi connectivity index (χ4n) is 2.79. The maximum atomic E-state index is 11.9. The molecule has 0 radical (unpaired) electrons. The Morgan fingerprint density at radius 3 is 2.35 bits per heavy atom. The zero-order valence-corrected chi connectivity index (χ0v) is 15.5. The second-order valence-corrected chi connectivity index (χ2v) is 7.02. The van der Waals surface area contributed by atoms with Gasteiger partial charge in [-0.2, -0.15) is 5.10 Å². The highest BCUT2D eigenvalue weighted by atomic mass is 79.9. The van der Waals surface area contributed by atoms with Crippen molar-refractivity contribution in [3.05, 3.63) is 69.7 Å². The number of carbonyl (C=O) groups is 1. The first kappa shape index (κ1) is 16.8. The van der Waals surface area contributed by atoms with Crippen LogP contribution in [-0.4, -0.2) is 26.3 Å². The van der Waals surface area contributed by atoms with Crippen molar-refractivity contribution in [3.8, 4) is 22.5 Å². The van der Waals surface area contributed by atoms with Crippen molar-refractivity contribution in [2.75, 3.05) is 0 Å². The molecule has 128 valence electrons. The topological polar surface area (TPSA) is 78.9 Å². The van der Waals surface area contributed by atoms with E-state index in [1.165, 1.54) is 0 Å². The molecule has 0 fully saturated rings. The lowest BCUT2D eigenvalue weighted by molar-refractivity contribution is 0.0699. The number of hydrogen-bond donors (Lipinski definition) is 2. The molecule has 7 heteroatoms. The third kappa shape index (κ3) is 2.98. The van der Waals surface area contributed by atoms with E-state index in [1.54, 1.807) is 18.2 Å². The van der Waals surface area contributed by atoms with Crippen LogP contribution in [-0.2, 0) is 0 Å². The summed E-state index contributed by atoms with van der Waals surface area (Å²) in [6.45, 7) is 0. The van der Waals surface area contributed by atoms with Gasteiger partial charge in [-0.25, -0.2) is 9.78 Å². The van der Waals surface area contributed by atoms with Gasteiger partial charge in [0.2, 0.25) is 0 Å². The number of aromatic nitrogens is 3. The molecular formula is C19H11BrClN3O2. The predicted molar refractivity (Wildman–Crippen MR) is 104 cm³/mol. The smallest absolute Gasteiger partial charge is 0.336 e. The van der Waals surface area contributed by atoms with Gasteiger partial charge in [0, 0.05) is 20.6 Å². The van der Waals surface area contributed by atoms with Crippen LogP contribution >= 0.6 is 27.5 Å². The number of H-pyrrole nitrogens is 1. The summed E-state index contributed by atoms with van der Waals surface area (Å²) in [6, 6.07) is 16.2. The van der Waals surface area contributed by atoms with Crippen molar-refractivity contribution in [2.45, 2.75) is 0 Å². The number of benzene rings is 2. The summed E-state index contributed by atoms with van der Waals surface area (Å²) in [5.74, 6) is -1.03. The number of rotatable bonds is 3. The molecule has 0 spiro atoms. The van der Waals surface area contributed by atoms with Crippen LogP contribution < -0.4 is 0 Å². The molecule has 0 amide bonds. The quantitative estimate of drug-likeness (QED) is 0.457. The van der Waals surface area contributed by atoms with Gasteiger partial charge in [-0.05, 0) is 30.3 Å². The van der Waals surface area contributed by atoms with Gasteiger partial charge in [0.05, 0.1) is 22.3 Å². The first-order valence-corrected chi connectivity index (χ1v) is 8.84. The Bertz CT molecular complexity index is 1120. The minimum Gasteiger partial charge on any atom is -0.478 e. The molecule has 0 unspecified atom stereocenters. The number of halogens is 2. The van der Waals surface area contributed by atoms with E-state index in [-0.39, 0.29) is 5.56 Å². The molecule has 0 bridgehead atoms. The summed E-state index contributed by atoms with van der Waals surface area (Å²) >= 11 is 9.33. The van der Waals surface area contributed by atoms with Gasteiger partial charge in [0.15, 0.2) is 5.65 Å². The lowest BCUT2D eigenvalue weighted by atomic mass is 10.0. The molecule has 4 aromatic rings. The summed E-state index contributed by atoms with van der Waals surface area (Å²) < 4.78 is 0.936. The number of pyridine rings is 1. The number of carboxylic acid groups (broad SMARTS) is 1. The number of aromatic amines is 1. The van der Waals surface area contributed by atoms with Crippen molar-refractivity contribution in [1.29, 1.82) is 0 Å². The second kappa shape index (κ2) is 6.55. The second-order valence-electron chi connectivity index (χ2n) is 5.67. The third-order valence-electron chi connectivity index (χ3n) is 4.03. The van der Waals surface area contributed by atoms with Crippen LogP contribution in [0.1, 0.15) is 10.4 Å². The van der Waals surface area contributed by atoms with E-state index in [4.69, 9.17) is 11.6 Å². The Hall–Kier alpha value is -2.70. The van der Waals surface area contributed by atoms with Crippen LogP contribution in [0.4, 0.5) is 0 Å². The first-order chi connectivity index (χ1) is 12.5. The Balaban J connectivity index is 1.94. The summed E-state index contributed by atoms with van der Waals surface area (Å²) in [5, 5.41) is 17.9. The molecule has 2 heterocycles. The van der Waals surface area contributed by atoms with Gasteiger partial charge in [-0.3, -0.25) is 5.10 Å². The number of hydrogen-bond acceptors (Lipinski definition) is 3. The molecule has 0 aliphatic rings. The number of nitrogens with zero attached hydrogens (tertiary/aromatic N) is 2. The third-order valence-corrected chi connectivity index (χ3v) is 4.81. The van der Waals surface area contributed by atoms with Crippen LogP contribution in [0.5, 0.6) is 0 Å². The van der Waals surface area contributed by atoms with Crippen molar-refractivity contribution in [2.24, 2.45) is 0 Å². The average Bonchev–Trinajstić information content (AvgIpc) is 3.06. The molecule has 2 N–H and O–H groups in total. The zero-order chi connectivity index (χ0) is 18.3. The lowest BCUT2D eigenvalue weighted by Crippen LogP contribution is -2.00. The lowest BCUT2D eigenvalue weighted by Gasteiger charge is -2.06. The summed E-state index contributed by atoms with van der Waals surface area (Å²) in [7, 11) is 0. The molecular weight excluding hydrogens is 418 g/mol. The van der Waals surface area contributed by atoms with E-state index >= 15 is 0 Å². The van der Waals surface area contributed by atoms with E-state index in [2.05, 4.69) is 31.1 Å². The highest BCUT2D eigenvalue weighted by Gasteiger charge is 2.19. The molecule has 4 rings (SSSR count). The number of fused-ring (bicyclic) bond motifs is 1. The highest BCUT2D eigenvalue weighted by molar-refractivity contribution is 9.10.